The number of hydrogen-bond donors (Lipinski definition) is 1. The standard InChI is InChI=1S/C19H28N4O2S/c1-15(18-20-8-11-26-18)13-23(2)19(22-12-16-6-10-24-14-16)21-7-5-17-4-3-9-25-17/h3-4,8-9,11,15-16H,5-7,10,12-14H2,1-2H3,(H,21,22). The van der Waals surface area contributed by atoms with Crippen molar-refractivity contribution in [1.82, 2.24) is 15.2 Å². The summed E-state index contributed by atoms with van der Waals surface area (Å²) in [4.78, 5) is 11.5. The fourth-order valence-electron chi connectivity index (χ4n) is 3.06. The summed E-state index contributed by atoms with van der Waals surface area (Å²) >= 11 is 1.71. The van der Waals surface area contributed by atoms with Gasteiger partial charge in [-0.15, -0.1) is 11.3 Å². The number of aliphatic imine (C=N–C) groups is 1. The Labute approximate surface area is 159 Å². The van der Waals surface area contributed by atoms with Crippen molar-refractivity contribution in [2.45, 2.75) is 25.7 Å². The van der Waals surface area contributed by atoms with Crippen LogP contribution < -0.4 is 5.32 Å². The van der Waals surface area contributed by atoms with Gasteiger partial charge in [-0.1, -0.05) is 6.92 Å². The van der Waals surface area contributed by atoms with E-state index in [4.69, 9.17) is 14.1 Å². The first-order valence-corrected chi connectivity index (χ1v) is 10.1. The van der Waals surface area contributed by atoms with Crippen molar-refractivity contribution < 1.29 is 9.15 Å². The third-order valence-corrected chi connectivity index (χ3v) is 5.55. The van der Waals surface area contributed by atoms with E-state index in [9.17, 15) is 0 Å². The van der Waals surface area contributed by atoms with E-state index in [1.165, 1.54) is 0 Å². The summed E-state index contributed by atoms with van der Waals surface area (Å²) in [7, 11) is 2.09. The average molecular weight is 377 g/mol. The lowest BCUT2D eigenvalue weighted by Crippen LogP contribution is -2.41. The molecular formula is C19H28N4O2S. The quantitative estimate of drug-likeness (QED) is 0.567. The van der Waals surface area contributed by atoms with Crippen molar-refractivity contribution in [2.75, 3.05) is 39.9 Å². The Balaban J connectivity index is 1.57. The molecule has 1 N–H and O–H groups in total. The van der Waals surface area contributed by atoms with Gasteiger partial charge in [0.1, 0.15) is 5.76 Å². The van der Waals surface area contributed by atoms with Crippen molar-refractivity contribution >= 4 is 17.3 Å². The number of aromatic nitrogens is 1. The number of likely N-dealkylation sites (N-methyl/N-ethyl adjacent to an activating group) is 1. The van der Waals surface area contributed by atoms with Crippen LogP contribution in [-0.4, -0.2) is 55.7 Å². The molecule has 0 spiro atoms. The zero-order valence-corrected chi connectivity index (χ0v) is 16.4. The minimum absolute atomic E-state index is 0.367. The highest BCUT2D eigenvalue weighted by Crippen LogP contribution is 2.18. The van der Waals surface area contributed by atoms with Gasteiger partial charge in [0, 0.05) is 63.1 Å². The van der Waals surface area contributed by atoms with Gasteiger partial charge >= 0.3 is 0 Å². The van der Waals surface area contributed by atoms with E-state index in [1.807, 2.05) is 23.7 Å². The molecule has 2 aromatic heterocycles. The summed E-state index contributed by atoms with van der Waals surface area (Å²) in [6, 6.07) is 3.93. The van der Waals surface area contributed by atoms with Crippen molar-refractivity contribution in [3.8, 4) is 0 Å². The fourth-order valence-corrected chi connectivity index (χ4v) is 3.75. The molecule has 26 heavy (non-hydrogen) atoms. The Kier molecular flexibility index (Phi) is 7.08. The fraction of sp³-hybridized carbons (Fsp3) is 0.579. The summed E-state index contributed by atoms with van der Waals surface area (Å²) < 4.78 is 10.9. The molecule has 0 saturated carbocycles. The van der Waals surface area contributed by atoms with Gasteiger partial charge < -0.3 is 19.4 Å². The van der Waals surface area contributed by atoms with Gasteiger partial charge in [-0.2, -0.15) is 0 Å². The third kappa shape index (κ3) is 5.57. The average Bonchev–Trinajstić information content (AvgIpc) is 3.41. The van der Waals surface area contributed by atoms with Crippen LogP contribution in [0.15, 0.2) is 39.4 Å². The minimum Gasteiger partial charge on any atom is -0.469 e. The number of hydrogen-bond acceptors (Lipinski definition) is 5. The van der Waals surface area contributed by atoms with Crippen LogP contribution in [0.3, 0.4) is 0 Å². The smallest absolute Gasteiger partial charge is 0.193 e. The lowest BCUT2D eigenvalue weighted by Gasteiger charge is -2.25. The van der Waals surface area contributed by atoms with Crippen LogP contribution in [-0.2, 0) is 11.2 Å². The molecule has 0 aromatic carbocycles. The Morgan fingerprint density at radius 2 is 2.46 bits per heavy atom. The Morgan fingerprint density at radius 3 is 3.15 bits per heavy atom. The largest absolute Gasteiger partial charge is 0.469 e. The van der Waals surface area contributed by atoms with Gasteiger partial charge in [-0.3, -0.25) is 4.99 Å². The molecular weight excluding hydrogens is 348 g/mol. The lowest BCUT2D eigenvalue weighted by atomic mass is 10.1. The molecule has 7 heteroatoms. The molecule has 1 fully saturated rings. The number of furan rings is 1. The molecule has 6 nitrogen and oxygen atoms in total. The molecule has 0 amide bonds. The van der Waals surface area contributed by atoms with Gasteiger partial charge in [-0.25, -0.2) is 4.98 Å². The van der Waals surface area contributed by atoms with Crippen LogP contribution >= 0.6 is 11.3 Å². The van der Waals surface area contributed by atoms with Crippen LogP contribution in [0.5, 0.6) is 0 Å². The molecule has 1 saturated heterocycles. The second kappa shape index (κ2) is 9.73. The SMILES string of the molecule is CC(CN(C)C(=NCC1CCOC1)NCCc1ccco1)c1nccs1. The molecule has 0 aliphatic carbocycles. The molecule has 2 atom stereocenters. The number of thiazole rings is 1. The van der Waals surface area contributed by atoms with Crippen molar-refractivity contribution in [2.24, 2.45) is 10.9 Å². The van der Waals surface area contributed by atoms with Crippen LogP contribution in [0.4, 0.5) is 0 Å². The first kappa shape index (κ1) is 18.9. The predicted molar refractivity (Wildman–Crippen MR) is 105 cm³/mol. The molecule has 1 aliphatic heterocycles. The maximum atomic E-state index is 5.47. The second-order valence-electron chi connectivity index (χ2n) is 6.80. The zero-order valence-electron chi connectivity index (χ0n) is 15.6. The van der Waals surface area contributed by atoms with Gasteiger partial charge in [0.05, 0.1) is 17.9 Å². The van der Waals surface area contributed by atoms with E-state index >= 15 is 0 Å². The van der Waals surface area contributed by atoms with E-state index in [2.05, 4.69) is 29.2 Å². The zero-order chi connectivity index (χ0) is 18.2. The highest BCUT2D eigenvalue weighted by Gasteiger charge is 2.18. The first-order valence-electron chi connectivity index (χ1n) is 9.21. The number of rotatable bonds is 8. The maximum absolute atomic E-state index is 5.47. The second-order valence-corrected chi connectivity index (χ2v) is 7.73. The summed E-state index contributed by atoms with van der Waals surface area (Å²) in [5.74, 6) is 2.82. The van der Waals surface area contributed by atoms with E-state index in [0.717, 1.165) is 62.4 Å². The number of guanidine groups is 1. The Hall–Kier alpha value is -1.86. The van der Waals surface area contributed by atoms with Crippen molar-refractivity contribution in [3.63, 3.8) is 0 Å². The number of nitrogens with one attached hydrogen (secondary N) is 1. The normalized spacial score (nSPS) is 18.8. The molecule has 0 bridgehead atoms. The predicted octanol–water partition coefficient (Wildman–Crippen LogP) is 3.00. The van der Waals surface area contributed by atoms with Crippen LogP contribution in [0.25, 0.3) is 0 Å². The third-order valence-electron chi connectivity index (χ3n) is 4.54. The first-order chi connectivity index (χ1) is 12.7. The van der Waals surface area contributed by atoms with E-state index in [1.54, 1.807) is 17.6 Å². The highest BCUT2D eigenvalue weighted by atomic mass is 32.1. The van der Waals surface area contributed by atoms with E-state index in [0.29, 0.717) is 11.8 Å². The van der Waals surface area contributed by atoms with Crippen LogP contribution in [0.1, 0.15) is 30.0 Å². The molecule has 2 aromatic rings. The van der Waals surface area contributed by atoms with Crippen molar-refractivity contribution in [3.05, 3.63) is 40.7 Å². The molecule has 3 heterocycles. The molecule has 3 rings (SSSR count). The molecule has 142 valence electrons. The molecule has 2 unspecified atom stereocenters. The van der Waals surface area contributed by atoms with Crippen molar-refractivity contribution in [1.29, 1.82) is 0 Å². The number of nitrogens with zero attached hydrogens (tertiary/aromatic N) is 3. The number of ether oxygens (including phenoxy) is 1. The topological polar surface area (TPSA) is 62.9 Å². The molecule has 1 aliphatic rings. The Bertz CT molecular complexity index is 651. The summed E-state index contributed by atoms with van der Waals surface area (Å²) in [6.45, 7) is 6.37. The summed E-state index contributed by atoms with van der Waals surface area (Å²) in [5.41, 5.74) is 0. The highest BCUT2D eigenvalue weighted by molar-refractivity contribution is 7.09. The van der Waals surface area contributed by atoms with E-state index < -0.39 is 0 Å². The van der Waals surface area contributed by atoms with Gasteiger partial charge in [-0.05, 0) is 18.6 Å². The van der Waals surface area contributed by atoms with Crippen LogP contribution in [0, 0.1) is 5.92 Å². The van der Waals surface area contributed by atoms with Gasteiger partial charge in [0.15, 0.2) is 5.96 Å². The van der Waals surface area contributed by atoms with Gasteiger partial charge in [0.25, 0.3) is 0 Å². The van der Waals surface area contributed by atoms with Gasteiger partial charge in [0.2, 0.25) is 0 Å². The minimum atomic E-state index is 0.367. The summed E-state index contributed by atoms with van der Waals surface area (Å²) in [6.07, 6.45) is 5.52. The summed E-state index contributed by atoms with van der Waals surface area (Å²) in [5, 5.41) is 6.68. The Morgan fingerprint density at radius 1 is 1.54 bits per heavy atom. The van der Waals surface area contributed by atoms with Crippen LogP contribution in [0.2, 0.25) is 0 Å². The van der Waals surface area contributed by atoms with E-state index in [-0.39, 0.29) is 0 Å². The monoisotopic (exact) mass is 376 g/mol. The maximum Gasteiger partial charge on any atom is 0.193 e. The molecule has 0 radical (unpaired) electrons. The lowest BCUT2D eigenvalue weighted by molar-refractivity contribution is 0.187.